The van der Waals surface area contributed by atoms with E-state index < -0.39 is 17.7 Å². The second-order valence-electron chi connectivity index (χ2n) is 4.56. The number of nitrogens with two attached hydrogens (primary N) is 1. The van der Waals surface area contributed by atoms with Crippen LogP contribution in [0.2, 0.25) is 0 Å². The zero-order valence-corrected chi connectivity index (χ0v) is 10.9. The maximum atomic E-state index is 13.6. The van der Waals surface area contributed by atoms with Crippen molar-refractivity contribution >= 4 is 0 Å². The van der Waals surface area contributed by atoms with Crippen molar-refractivity contribution in [1.82, 2.24) is 0 Å². The normalized spacial score (nSPS) is 12.4. The van der Waals surface area contributed by atoms with Crippen molar-refractivity contribution in [3.05, 3.63) is 70.8 Å². The van der Waals surface area contributed by atoms with Crippen LogP contribution in [0.3, 0.4) is 0 Å². The summed E-state index contributed by atoms with van der Waals surface area (Å²) in [5.74, 6) is -1.08. The molecular weight excluding hydrogens is 244 g/mol. The Morgan fingerprint density at radius 1 is 1.00 bits per heavy atom. The van der Waals surface area contributed by atoms with Crippen LogP contribution in [0.1, 0.15) is 29.7 Å². The standard InChI is InChI=1S/C16H17F2N/c1-2-11-6-3-4-7-12(11)16(19)10-13-14(17)8-5-9-15(13)18/h3-9,16H,2,10,19H2,1H3. The molecule has 1 nitrogen and oxygen atoms in total. The predicted molar refractivity (Wildman–Crippen MR) is 72.8 cm³/mol. The molecule has 2 aromatic rings. The Morgan fingerprint density at radius 2 is 1.63 bits per heavy atom. The molecule has 2 aromatic carbocycles. The van der Waals surface area contributed by atoms with E-state index in [-0.39, 0.29) is 12.0 Å². The van der Waals surface area contributed by atoms with Gasteiger partial charge in [0.05, 0.1) is 0 Å². The highest BCUT2D eigenvalue weighted by molar-refractivity contribution is 5.32. The monoisotopic (exact) mass is 261 g/mol. The van der Waals surface area contributed by atoms with Crippen LogP contribution in [0.25, 0.3) is 0 Å². The molecule has 0 saturated carbocycles. The third-order valence-corrected chi connectivity index (χ3v) is 3.32. The van der Waals surface area contributed by atoms with E-state index in [0.717, 1.165) is 17.5 Å². The van der Waals surface area contributed by atoms with Crippen LogP contribution in [0.15, 0.2) is 42.5 Å². The summed E-state index contributed by atoms with van der Waals surface area (Å²) in [7, 11) is 0. The van der Waals surface area contributed by atoms with Crippen LogP contribution < -0.4 is 5.73 Å². The van der Waals surface area contributed by atoms with Crippen molar-refractivity contribution in [2.75, 3.05) is 0 Å². The van der Waals surface area contributed by atoms with Crippen molar-refractivity contribution in [3.8, 4) is 0 Å². The molecule has 0 heterocycles. The van der Waals surface area contributed by atoms with Crippen LogP contribution in [-0.4, -0.2) is 0 Å². The third kappa shape index (κ3) is 2.99. The van der Waals surface area contributed by atoms with Gasteiger partial charge in [-0.2, -0.15) is 0 Å². The van der Waals surface area contributed by atoms with Crippen molar-refractivity contribution < 1.29 is 8.78 Å². The minimum Gasteiger partial charge on any atom is -0.324 e. The molecule has 0 aliphatic carbocycles. The number of halogens is 2. The Hall–Kier alpha value is -1.74. The quantitative estimate of drug-likeness (QED) is 0.890. The summed E-state index contributed by atoms with van der Waals surface area (Å²) in [6.45, 7) is 2.04. The summed E-state index contributed by atoms with van der Waals surface area (Å²) in [5, 5.41) is 0. The maximum absolute atomic E-state index is 13.6. The van der Waals surface area contributed by atoms with Crippen molar-refractivity contribution in [3.63, 3.8) is 0 Å². The highest BCUT2D eigenvalue weighted by atomic mass is 19.1. The van der Waals surface area contributed by atoms with E-state index in [2.05, 4.69) is 0 Å². The van der Waals surface area contributed by atoms with Crippen LogP contribution in [-0.2, 0) is 12.8 Å². The van der Waals surface area contributed by atoms with Crippen molar-refractivity contribution in [1.29, 1.82) is 0 Å². The molecule has 0 aliphatic heterocycles. The van der Waals surface area contributed by atoms with E-state index in [1.807, 2.05) is 31.2 Å². The summed E-state index contributed by atoms with van der Waals surface area (Å²) in [6.07, 6.45) is 1.01. The molecule has 1 atom stereocenters. The molecule has 0 bridgehead atoms. The number of benzene rings is 2. The lowest BCUT2D eigenvalue weighted by Gasteiger charge is -2.16. The smallest absolute Gasteiger partial charge is 0.129 e. The largest absolute Gasteiger partial charge is 0.324 e. The van der Waals surface area contributed by atoms with Gasteiger partial charge >= 0.3 is 0 Å². The zero-order valence-electron chi connectivity index (χ0n) is 10.9. The van der Waals surface area contributed by atoms with E-state index in [1.165, 1.54) is 18.2 Å². The lowest BCUT2D eigenvalue weighted by Crippen LogP contribution is -2.16. The maximum Gasteiger partial charge on any atom is 0.129 e. The van der Waals surface area contributed by atoms with Crippen LogP contribution in [0.5, 0.6) is 0 Å². The fourth-order valence-corrected chi connectivity index (χ4v) is 2.28. The second-order valence-corrected chi connectivity index (χ2v) is 4.56. The SMILES string of the molecule is CCc1ccccc1C(N)Cc1c(F)cccc1F. The fraction of sp³-hybridized carbons (Fsp3) is 0.250. The van der Waals surface area contributed by atoms with Gasteiger partial charge in [0.1, 0.15) is 11.6 Å². The van der Waals surface area contributed by atoms with Gasteiger partial charge in [-0.15, -0.1) is 0 Å². The zero-order chi connectivity index (χ0) is 13.8. The highest BCUT2D eigenvalue weighted by Crippen LogP contribution is 2.23. The first-order chi connectivity index (χ1) is 9.13. The molecule has 100 valence electrons. The minimum atomic E-state index is -0.538. The lowest BCUT2D eigenvalue weighted by molar-refractivity contribution is 0.539. The summed E-state index contributed by atoms with van der Waals surface area (Å²) in [4.78, 5) is 0. The van der Waals surface area contributed by atoms with Crippen molar-refractivity contribution in [2.24, 2.45) is 5.73 Å². The Bertz CT molecular complexity index is 546. The molecule has 0 radical (unpaired) electrons. The summed E-state index contributed by atoms with van der Waals surface area (Å²) < 4.78 is 27.2. The Labute approximate surface area is 112 Å². The van der Waals surface area contributed by atoms with E-state index in [0.29, 0.717) is 0 Å². The third-order valence-electron chi connectivity index (χ3n) is 3.32. The van der Waals surface area contributed by atoms with E-state index in [9.17, 15) is 8.78 Å². The first-order valence-electron chi connectivity index (χ1n) is 6.39. The molecule has 1 unspecified atom stereocenters. The molecule has 0 amide bonds. The van der Waals surface area contributed by atoms with Gasteiger partial charge in [-0.3, -0.25) is 0 Å². The lowest BCUT2D eigenvalue weighted by atomic mass is 9.94. The predicted octanol–water partition coefficient (Wildman–Crippen LogP) is 3.77. The number of hydrogen-bond donors (Lipinski definition) is 1. The van der Waals surface area contributed by atoms with Gasteiger partial charge in [-0.25, -0.2) is 8.78 Å². The molecule has 2 rings (SSSR count). The van der Waals surface area contributed by atoms with Gasteiger partial charge in [0.25, 0.3) is 0 Å². The number of rotatable bonds is 4. The molecular formula is C16H17F2N. The molecule has 3 heteroatoms. The summed E-state index contributed by atoms with van der Waals surface area (Å²) in [6, 6.07) is 11.2. The van der Waals surface area contributed by atoms with Crippen LogP contribution >= 0.6 is 0 Å². The van der Waals surface area contributed by atoms with Gasteiger partial charge in [0.15, 0.2) is 0 Å². The molecule has 2 N–H and O–H groups in total. The number of aryl methyl sites for hydroxylation is 1. The highest BCUT2D eigenvalue weighted by Gasteiger charge is 2.15. The minimum absolute atomic E-state index is 0.0564. The number of hydrogen-bond acceptors (Lipinski definition) is 1. The molecule has 0 aliphatic rings. The topological polar surface area (TPSA) is 26.0 Å². The van der Waals surface area contributed by atoms with E-state index >= 15 is 0 Å². The molecule has 19 heavy (non-hydrogen) atoms. The van der Waals surface area contributed by atoms with E-state index in [1.54, 1.807) is 0 Å². The summed E-state index contributed by atoms with van der Waals surface area (Å²) >= 11 is 0. The van der Waals surface area contributed by atoms with Crippen molar-refractivity contribution in [2.45, 2.75) is 25.8 Å². The molecule has 0 saturated heterocycles. The van der Waals surface area contributed by atoms with Crippen LogP contribution in [0.4, 0.5) is 8.78 Å². The average Bonchev–Trinajstić information content (AvgIpc) is 2.42. The van der Waals surface area contributed by atoms with Gasteiger partial charge in [-0.05, 0) is 36.1 Å². The van der Waals surface area contributed by atoms with Gasteiger partial charge < -0.3 is 5.73 Å². The molecule has 0 spiro atoms. The Balaban J connectivity index is 2.28. The van der Waals surface area contributed by atoms with Gasteiger partial charge in [-0.1, -0.05) is 37.3 Å². The first kappa shape index (κ1) is 13.7. The molecule has 0 aromatic heterocycles. The average molecular weight is 261 g/mol. The Morgan fingerprint density at radius 3 is 2.26 bits per heavy atom. The first-order valence-corrected chi connectivity index (χ1v) is 6.39. The van der Waals surface area contributed by atoms with Crippen LogP contribution in [0, 0.1) is 11.6 Å². The Kier molecular flexibility index (Phi) is 4.27. The summed E-state index contributed by atoms with van der Waals surface area (Å²) in [5.41, 5.74) is 8.23. The van der Waals surface area contributed by atoms with Gasteiger partial charge in [0.2, 0.25) is 0 Å². The molecule has 0 fully saturated rings. The van der Waals surface area contributed by atoms with Gasteiger partial charge in [0, 0.05) is 11.6 Å². The fourth-order valence-electron chi connectivity index (χ4n) is 2.28. The van der Waals surface area contributed by atoms with E-state index in [4.69, 9.17) is 5.73 Å². The second kappa shape index (κ2) is 5.93.